The van der Waals surface area contributed by atoms with E-state index in [9.17, 15) is 5.11 Å². The molecule has 2 unspecified atom stereocenters. The number of aliphatic hydroxyl groups is 1. The second kappa shape index (κ2) is 6.68. The zero-order valence-corrected chi connectivity index (χ0v) is 16.6. The highest BCUT2D eigenvalue weighted by atomic mass is 16.3. The molecule has 0 aromatic heterocycles. The summed E-state index contributed by atoms with van der Waals surface area (Å²) < 4.78 is 0.441. The second-order valence-electron chi connectivity index (χ2n) is 7.64. The lowest BCUT2D eigenvalue weighted by atomic mass is 9.91. The van der Waals surface area contributed by atoms with Crippen LogP contribution in [-0.2, 0) is 0 Å². The van der Waals surface area contributed by atoms with Gasteiger partial charge in [0, 0.05) is 12.2 Å². The number of benzene rings is 1. The van der Waals surface area contributed by atoms with E-state index in [1.807, 2.05) is 0 Å². The molecule has 4 rings (SSSR count). The lowest BCUT2D eigenvalue weighted by Crippen LogP contribution is -2.56. The quantitative estimate of drug-likeness (QED) is 0.606. The van der Waals surface area contributed by atoms with Gasteiger partial charge in [0.05, 0.1) is 31.1 Å². The Kier molecular flexibility index (Phi) is 4.46. The summed E-state index contributed by atoms with van der Waals surface area (Å²) in [6, 6.07) is 4.53. The largest absolute Gasteiger partial charge is 0.395 e. The van der Waals surface area contributed by atoms with Gasteiger partial charge in [0.25, 0.3) is 0 Å². The van der Waals surface area contributed by atoms with Gasteiger partial charge in [-0.05, 0) is 43.9 Å². The van der Waals surface area contributed by atoms with E-state index in [2.05, 4.69) is 80.4 Å². The summed E-state index contributed by atoms with van der Waals surface area (Å²) in [4.78, 5) is 0. The number of nitrogens with one attached hydrogen (secondary N) is 3. The van der Waals surface area contributed by atoms with Crippen LogP contribution >= 0.6 is 0 Å². The first-order valence-electron chi connectivity index (χ1n) is 9.70. The van der Waals surface area contributed by atoms with Gasteiger partial charge in [0.1, 0.15) is 11.9 Å². The van der Waals surface area contributed by atoms with Gasteiger partial charge in [-0.2, -0.15) is 4.59 Å². The summed E-state index contributed by atoms with van der Waals surface area (Å²) in [5.41, 5.74) is 13.6. The molecule has 3 aliphatic heterocycles. The molecule has 2 atom stereocenters. The van der Waals surface area contributed by atoms with Crippen molar-refractivity contribution in [2.45, 2.75) is 40.2 Å². The van der Waals surface area contributed by atoms with Crippen molar-refractivity contribution in [2.24, 2.45) is 0 Å². The van der Waals surface area contributed by atoms with E-state index in [0.717, 1.165) is 12.1 Å². The first kappa shape index (κ1) is 18.0. The summed E-state index contributed by atoms with van der Waals surface area (Å²) in [6.07, 6.45) is 9.42. The van der Waals surface area contributed by atoms with Crippen LogP contribution in [0.4, 0.5) is 0 Å². The van der Waals surface area contributed by atoms with Crippen molar-refractivity contribution in [1.29, 1.82) is 0 Å². The summed E-state index contributed by atoms with van der Waals surface area (Å²) in [7, 11) is 0. The summed E-state index contributed by atoms with van der Waals surface area (Å²) in [5, 5.41) is 16.7. The third-order valence-electron chi connectivity index (χ3n) is 5.72. The van der Waals surface area contributed by atoms with Crippen molar-refractivity contribution in [1.82, 2.24) is 16.1 Å². The van der Waals surface area contributed by atoms with Crippen molar-refractivity contribution in [3.8, 4) is 0 Å². The van der Waals surface area contributed by atoms with E-state index in [1.165, 1.54) is 39.2 Å². The molecule has 0 saturated carbocycles. The molecule has 0 amide bonds. The van der Waals surface area contributed by atoms with E-state index in [4.69, 9.17) is 0 Å². The van der Waals surface area contributed by atoms with Crippen molar-refractivity contribution in [3.05, 3.63) is 76.0 Å². The van der Waals surface area contributed by atoms with E-state index in [1.54, 1.807) is 0 Å². The molecule has 4 N–H and O–H groups in total. The van der Waals surface area contributed by atoms with Gasteiger partial charge < -0.3 is 15.7 Å². The Morgan fingerprint density at radius 3 is 2.59 bits per heavy atom. The van der Waals surface area contributed by atoms with Gasteiger partial charge >= 0.3 is 0 Å². The molecule has 1 aromatic carbocycles. The number of rotatable bonds is 5. The minimum atomic E-state index is 0.0137. The molecule has 142 valence electrons. The van der Waals surface area contributed by atoms with Crippen LogP contribution in [0.3, 0.4) is 0 Å². The summed E-state index contributed by atoms with van der Waals surface area (Å²) in [6.45, 7) is 9.45. The minimum absolute atomic E-state index is 0.0137. The van der Waals surface area contributed by atoms with Gasteiger partial charge in [0.2, 0.25) is 5.70 Å². The average molecular weight is 366 g/mol. The monoisotopic (exact) mass is 365 g/mol. The van der Waals surface area contributed by atoms with Gasteiger partial charge in [-0.25, -0.2) is 0 Å². The fourth-order valence-corrected chi connectivity index (χ4v) is 4.56. The molecular weight excluding hydrogens is 336 g/mol. The maximum atomic E-state index is 9.82. The summed E-state index contributed by atoms with van der Waals surface area (Å²) >= 11 is 0. The van der Waals surface area contributed by atoms with Gasteiger partial charge in [-0.1, -0.05) is 24.6 Å². The lowest BCUT2D eigenvalue weighted by molar-refractivity contribution is -0.842. The molecular formula is C22H29N4O+. The highest BCUT2D eigenvalue weighted by molar-refractivity contribution is 5.88. The lowest BCUT2D eigenvalue weighted by Gasteiger charge is -2.34. The van der Waals surface area contributed by atoms with Gasteiger partial charge in [-0.15, -0.1) is 5.43 Å². The topological polar surface area (TPSA) is 56.3 Å². The first-order chi connectivity index (χ1) is 13.0. The van der Waals surface area contributed by atoms with Crippen LogP contribution in [0.15, 0.2) is 53.8 Å². The molecule has 1 aromatic rings. The average Bonchev–Trinajstić information content (AvgIpc) is 3.16. The van der Waals surface area contributed by atoms with E-state index in [-0.39, 0.29) is 12.6 Å². The van der Waals surface area contributed by atoms with Crippen LogP contribution < -0.4 is 16.1 Å². The minimum Gasteiger partial charge on any atom is -0.395 e. The fraction of sp³-hybridized carbons (Fsp3) is 0.364. The maximum Gasteiger partial charge on any atom is 0.202 e. The van der Waals surface area contributed by atoms with Crippen LogP contribution in [0.1, 0.15) is 35.6 Å². The van der Waals surface area contributed by atoms with Gasteiger partial charge in [-0.3, -0.25) is 0 Å². The molecule has 0 bridgehead atoms. The number of quaternary nitrogens is 1. The highest BCUT2D eigenvalue weighted by Gasteiger charge is 2.52. The Balaban J connectivity index is 1.92. The third kappa shape index (κ3) is 2.65. The number of aliphatic hydroxyl groups excluding tert-OH is 1. The second-order valence-corrected chi connectivity index (χ2v) is 7.64. The van der Waals surface area contributed by atoms with Crippen LogP contribution in [0.5, 0.6) is 0 Å². The van der Waals surface area contributed by atoms with Crippen LogP contribution in [-0.4, -0.2) is 29.0 Å². The molecule has 0 fully saturated rings. The third-order valence-corrected chi connectivity index (χ3v) is 5.72. The first-order valence-corrected chi connectivity index (χ1v) is 9.70. The Morgan fingerprint density at radius 1 is 1.19 bits per heavy atom. The SMILES string of the molecule is CCC(CO)N[N+]12C=CC=C1C(c1c(C)cc(C)cc1C)=C1NCNC=C12. The van der Waals surface area contributed by atoms with Crippen molar-refractivity contribution < 1.29 is 9.70 Å². The number of aryl methyl sites for hydroxylation is 3. The number of allylic oxidation sites excluding steroid dienone is 3. The van der Waals surface area contributed by atoms with Crippen LogP contribution in [0.2, 0.25) is 0 Å². The number of hydrogen-bond donors (Lipinski definition) is 4. The Hall–Kier alpha value is -2.34. The molecule has 0 saturated heterocycles. The number of hydrogen-bond acceptors (Lipinski definition) is 4. The predicted octanol–water partition coefficient (Wildman–Crippen LogP) is 2.83. The van der Waals surface area contributed by atoms with E-state index in [0.29, 0.717) is 11.3 Å². The zero-order valence-electron chi connectivity index (χ0n) is 16.6. The number of nitrogens with zero attached hydrogens (tertiary/aromatic N) is 1. The summed E-state index contributed by atoms with van der Waals surface area (Å²) in [5.74, 6) is 0. The van der Waals surface area contributed by atoms with Crippen LogP contribution in [0.25, 0.3) is 5.57 Å². The van der Waals surface area contributed by atoms with Crippen LogP contribution in [0, 0.1) is 20.8 Å². The highest BCUT2D eigenvalue weighted by Crippen LogP contribution is 2.50. The predicted molar refractivity (Wildman–Crippen MR) is 109 cm³/mol. The molecule has 0 spiro atoms. The molecule has 5 heteroatoms. The Morgan fingerprint density at radius 2 is 1.93 bits per heavy atom. The van der Waals surface area contributed by atoms with E-state index >= 15 is 0 Å². The maximum absolute atomic E-state index is 9.82. The molecule has 27 heavy (non-hydrogen) atoms. The number of fused-ring (bicyclic) bond motifs is 3. The molecule has 0 radical (unpaired) electrons. The molecule has 0 aliphatic carbocycles. The Labute approximate surface area is 161 Å². The smallest absolute Gasteiger partial charge is 0.202 e. The van der Waals surface area contributed by atoms with Gasteiger partial charge in [0.15, 0.2) is 5.70 Å². The fourth-order valence-electron chi connectivity index (χ4n) is 4.56. The van der Waals surface area contributed by atoms with Crippen molar-refractivity contribution in [3.63, 3.8) is 0 Å². The molecule has 3 aliphatic rings. The van der Waals surface area contributed by atoms with E-state index < -0.39 is 0 Å². The van der Waals surface area contributed by atoms with Crippen molar-refractivity contribution >= 4 is 5.57 Å². The standard InChI is InChI=1S/C22H29N4O/c1-5-17(12-27)25-26-8-6-7-18(26)21(22-19(26)11-23-13-24-22)20-15(3)9-14(2)10-16(20)4/h6-11,17,23-25,27H,5,12-13H2,1-4H3/q+1. The van der Waals surface area contributed by atoms with Crippen molar-refractivity contribution in [2.75, 3.05) is 13.3 Å². The Bertz CT molecular complexity index is 882. The normalized spacial score (nSPS) is 24.0. The zero-order chi connectivity index (χ0) is 19.2. The molecule has 5 nitrogen and oxygen atoms in total. The molecule has 3 heterocycles.